The maximum atomic E-state index is 11.8. The van der Waals surface area contributed by atoms with E-state index in [4.69, 9.17) is 9.47 Å². The van der Waals surface area contributed by atoms with Gasteiger partial charge in [0.2, 0.25) is 0 Å². The van der Waals surface area contributed by atoms with E-state index in [0.29, 0.717) is 24.6 Å². The lowest BCUT2D eigenvalue weighted by Crippen LogP contribution is -2.18. The van der Waals surface area contributed by atoms with Crippen molar-refractivity contribution < 1.29 is 14.3 Å². The van der Waals surface area contributed by atoms with Crippen molar-refractivity contribution in [2.24, 2.45) is 5.92 Å². The third-order valence-corrected chi connectivity index (χ3v) is 3.62. The zero-order valence-corrected chi connectivity index (χ0v) is 14.3. The number of carbonyl (C=O) groups is 1. The van der Waals surface area contributed by atoms with E-state index in [0.717, 1.165) is 14.6 Å². The third kappa shape index (κ3) is 4.78. The zero-order chi connectivity index (χ0) is 14.4. The molecular weight excluding hydrogens is 378 g/mol. The van der Waals surface area contributed by atoms with Crippen molar-refractivity contribution in [2.45, 2.75) is 6.92 Å². The smallest absolute Gasteiger partial charge is 0.340 e. The van der Waals surface area contributed by atoms with Crippen molar-refractivity contribution in [1.29, 1.82) is 0 Å². The van der Waals surface area contributed by atoms with Crippen LogP contribution in [0.1, 0.15) is 17.3 Å². The van der Waals surface area contributed by atoms with Gasteiger partial charge in [0, 0.05) is 22.6 Å². The van der Waals surface area contributed by atoms with Gasteiger partial charge in [-0.1, -0.05) is 22.9 Å². The number of benzene rings is 1. The van der Waals surface area contributed by atoms with Gasteiger partial charge >= 0.3 is 5.97 Å². The highest BCUT2D eigenvalue weighted by Gasteiger charge is 2.16. The first-order valence-electron chi connectivity index (χ1n) is 5.79. The third-order valence-electron chi connectivity index (χ3n) is 2.54. The molecule has 0 aliphatic rings. The number of methoxy groups -OCH3 is 2. The lowest BCUT2D eigenvalue weighted by molar-refractivity contribution is 0.0601. The number of rotatable bonds is 6. The maximum Gasteiger partial charge on any atom is 0.340 e. The minimum absolute atomic E-state index is 0.339. The van der Waals surface area contributed by atoms with Gasteiger partial charge in [0.25, 0.3) is 0 Å². The summed E-state index contributed by atoms with van der Waals surface area (Å²) in [6, 6.07) is 3.62. The fourth-order valence-corrected chi connectivity index (χ4v) is 3.01. The van der Waals surface area contributed by atoms with E-state index < -0.39 is 0 Å². The van der Waals surface area contributed by atoms with Crippen LogP contribution in [0.5, 0.6) is 0 Å². The number of hydrogen-bond acceptors (Lipinski definition) is 4. The molecule has 0 fully saturated rings. The molecule has 0 spiro atoms. The molecule has 0 saturated carbocycles. The highest BCUT2D eigenvalue weighted by molar-refractivity contribution is 9.11. The van der Waals surface area contributed by atoms with E-state index in [1.807, 2.05) is 6.07 Å². The molecule has 0 amide bonds. The summed E-state index contributed by atoms with van der Waals surface area (Å²) in [4.78, 5) is 11.8. The summed E-state index contributed by atoms with van der Waals surface area (Å²) in [5.41, 5.74) is 1.23. The lowest BCUT2D eigenvalue weighted by Gasteiger charge is -2.16. The Morgan fingerprint density at radius 2 is 2.05 bits per heavy atom. The normalized spacial score (nSPS) is 12.1. The van der Waals surface area contributed by atoms with E-state index in [1.54, 1.807) is 13.2 Å². The first-order valence-corrected chi connectivity index (χ1v) is 7.38. The predicted molar refractivity (Wildman–Crippen MR) is 82.7 cm³/mol. The molecule has 6 heteroatoms. The fourth-order valence-electron chi connectivity index (χ4n) is 1.64. The molecular formula is C13H17Br2NO3. The average molecular weight is 395 g/mol. The van der Waals surface area contributed by atoms with Gasteiger partial charge in [0.05, 0.1) is 25.0 Å². The highest BCUT2D eigenvalue weighted by atomic mass is 79.9. The van der Waals surface area contributed by atoms with Crippen molar-refractivity contribution in [3.8, 4) is 0 Å². The number of nitrogens with one attached hydrogen (secondary N) is 1. The SMILES string of the molecule is COCC(C)CNc1c(Br)cc(Br)cc1C(=O)OC. The molecule has 1 aromatic carbocycles. The molecule has 106 valence electrons. The van der Waals surface area contributed by atoms with Gasteiger partial charge in [0.1, 0.15) is 0 Å². The summed E-state index contributed by atoms with van der Waals surface area (Å²) in [6.07, 6.45) is 0. The number of esters is 1. The monoisotopic (exact) mass is 393 g/mol. The maximum absolute atomic E-state index is 11.8. The number of hydrogen-bond donors (Lipinski definition) is 1. The molecule has 1 atom stereocenters. The Hall–Kier alpha value is -0.590. The highest BCUT2D eigenvalue weighted by Crippen LogP contribution is 2.31. The van der Waals surface area contributed by atoms with Crippen molar-refractivity contribution in [3.05, 3.63) is 26.6 Å². The summed E-state index contributed by atoms with van der Waals surface area (Å²) < 4.78 is 11.5. The minimum Gasteiger partial charge on any atom is -0.465 e. The molecule has 0 aliphatic carbocycles. The summed E-state index contributed by atoms with van der Waals surface area (Å²) in [5, 5.41) is 3.26. The van der Waals surface area contributed by atoms with Crippen LogP contribution in [0.2, 0.25) is 0 Å². The van der Waals surface area contributed by atoms with Gasteiger partial charge in [-0.2, -0.15) is 0 Å². The van der Waals surface area contributed by atoms with Crippen LogP contribution in [0.15, 0.2) is 21.1 Å². The minimum atomic E-state index is -0.371. The van der Waals surface area contributed by atoms with Crippen molar-refractivity contribution >= 4 is 43.5 Å². The van der Waals surface area contributed by atoms with Crippen molar-refractivity contribution in [2.75, 3.05) is 32.7 Å². The topological polar surface area (TPSA) is 47.6 Å². The molecule has 0 radical (unpaired) electrons. The summed E-state index contributed by atoms with van der Waals surface area (Å²) in [6.45, 7) is 3.44. The van der Waals surface area contributed by atoms with Gasteiger partial charge < -0.3 is 14.8 Å². The first kappa shape index (κ1) is 16.5. The Bertz CT molecular complexity index is 452. The second kappa shape index (κ2) is 7.87. The average Bonchev–Trinajstić information content (AvgIpc) is 2.36. The van der Waals surface area contributed by atoms with Crippen LogP contribution in [0, 0.1) is 5.92 Å². The number of halogens is 2. The quantitative estimate of drug-likeness (QED) is 0.747. The number of ether oxygens (including phenoxy) is 2. The number of carbonyl (C=O) groups excluding carboxylic acids is 1. The molecule has 19 heavy (non-hydrogen) atoms. The van der Waals surface area contributed by atoms with Gasteiger partial charge in [-0.3, -0.25) is 0 Å². The lowest BCUT2D eigenvalue weighted by atomic mass is 10.1. The molecule has 0 aromatic heterocycles. The summed E-state index contributed by atoms with van der Waals surface area (Å²) in [7, 11) is 3.04. The molecule has 4 nitrogen and oxygen atoms in total. The van der Waals surface area contributed by atoms with Gasteiger partial charge in [-0.05, 0) is 34.0 Å². The Morgan fingerprint density at radius 1 is 1.37 bits per heavy atom. The van der Waals surface area contributed by atoms with Gasteiger partial charge in [0.15, 0.2) is 0 Å². The Balaban J connectivity index is 2.95. The molecule has 1 aromatic rings. The van der Waals surface area contributed by atoms with Crippen molar-refractivity contribution in [3.63, 3.8) is 0 Å². The van der Waals surface area contributed by atoms with Gasteiger partial charge in [-0.15, -0.1) is 0 Å². The van der Waals surface area contributed by atoms with E-state index >= 15 is 0 Å². The van der Waals surface area contributed by atoms with E-state index in [-0.39, 0.29) is 5.97 Å². The van der Waals surface area contributed by atoms with Crippen LogP contribution in [-0.4, -0.2) is 33.3 Å². The largest absolute Gasteiger partial charge is 0.465 e. The second-order valence-electron chi connectivity index (χ2n) is 4.24. The standard InChI is InChI=1S/C13H17Br2NO3/c1-8(7-18-2)6-16-12-10(13(17)19-3)4-9(14)5-11(12)15/h4-5,8,16H,6-7H2,1-3H3. The molecule has 1 N–H and O–H groups in total. The Morgan fingerprint density at radius 3 is 2.63 bits per heavy atom. The van der Waals surface area contributed by atoms with E-state index in [1.165, 1.54) is 7.11 Å². The molecule has 1 unspecified atom stereocenters. The van der Waals surface area contributed by atoms with E-state index in [2.05, 4.69) is 44.1 Å². The second-order valence-corrected chi connectivity index (χ2v) is 6.01. The van der Waals surface area contributed by atoms with Crippen LogP contribution in [0.25, 0.3) is 0 Å². The van der Waals surface area contributed by atoms with Crippen LogP contribution < -0.4 is 5.32 Å². The zero-order valence-electron chi connectivity index (χ0n) is 11.1. The van der Waals surface area contributed by atoms with Crippen molar-refractivity contribution in [1.82, 2.24) is 0 Å². The molecule has 0 saturated heterocycles. The molecule has 0 bridgehead atoms. The summed E-state index contributed by atoms with van der Waals surface area (Å²) >= 11 is 6.82. The fraction of sp³-hybridized carbons (Fsp3) is 0.462. The Kier molecular flexibility index (Phi) is 6.82. The van der Waals surface area contributed by atoms with Gasteiger partial charge in [-0.25, -0.2) is 4.79 Å². The van der Waals surface area contributed by atoms with Crippen LogP contribution in [0.4, 0.5) is 5.69 Å². The van der Waals surface area contributed by atoms with E-state index in [9.17, 15) is 4.79 Å². The van der Waals surface area contributed by atoms with Crippen LogP contribution >= 0.6 is 31.9 Å². The Labute approximate surface area is 130 Å². The molecule has 0 heterocycles. The molecule has 0 aliphatic heterocycles. The predicted octanol–water partition coefficient (Wildman–Crippen LogP) is 3.69. The molecule has 1 rings (SSSR count). The van der Waals surface area contributed by atoms with Crippen LogP contribution in [0.3, 0.4) is 0 Å². The number of anilines is 1. The first-order chi connectivity index (χ1) is 8.99. The van der Waals surface area contributed by atoms with Crippen LogP contribution in [-0.2, 0) is 9.47 Å². The summed E-state index contributed by atoms with van der Waals surface area (Å²) in [5.74, 6) is -0.0325.